The van der Waals surface area contributed by atoms with Gasteiger partial charge in [-0.25, -0.2) is 0 Å². The van der Waals surface area contributed by atoms with E-state index < -0.39 is 0 Å². The number of hydrogen-bond acceptors (Lipinski definition) is 3. The van der Waals surface area contributed by atoms with E-state index in [-0.39, 0.29) is 12.1 Å². The van der Waals surface area contributed by atoms with Gasteiger partial charge >= 0.3 is 0 Å². The molecule has 0 amide bonds. The van der Waals surface area contributed by atoms with Crippen molar-refractivity contribution >= 4 is 0 Å². The molecule has 3 heteroatoms. The van der Waals surface area contributed by atoms with Gasteiger partial charge in [0, 0.05) is 18.2 Å². The second-order valence-electron chi connectivity index (χ2n) is 6.13. The number of hydrogen-bond donors (Lipinski definition) is 2. The molecule has 2 rings (SSSR count). The fraction of sp³-hybridized carbons (Fsp3) is 1.00. The number of rotatable bonds is 4. The Bertz CT molecular complexity index is 239. The predicted molar refractivity (Wildman–Crippen MR) is 73.7 cm³/mol. The average molecular weight is 255 g/mol. The van der Waals surface area contributed by atoms with Crippen molar-refractivity contribution in [3.05, 3.63) is 0 Å². The van der Waals surface area contributed by atoms with E-state index in [1.54, 1.807) is 0 Å². The van der Waals surface area contributed by atoms with Crippen molar-refractivity contribution in [1.82, 2.24) is 5.32 Å². The van der Waals surface area contributed by atoms with Gasteiger partial charge in [-0.3, -0.25) is 0 Å². The van der Waals surface area contributed by atoms with Crippen LogP contribution in [-0.2, 0) is 4.74 Å². The van der Waals surface area contributed by atoms with Gasteiger partial charge in [-0.1, -0.05) is 32.6 Å². The van der Waals surface area contributed by atoms with Gasteiger partial charge in [-0.05, 0) is 32.1 Å². The van der Waals surface area contributed by atoms with Crippen LogP contribution in [0.1, 0.15) is 64.7 Å². The Morgan fingerprint density at radius 1 is 1.22 bits per heavy atom. The molecular formula is C15H29NO2. The fourth-order valence-electron chi connectivity index (χ4n) is 3.46. The van der Waals surface area contributed by atoms with E-state index >= 15 is 0 Å². The summed E-state index contributed by atoms with van der Waals surface area (Å²) in [6.07, 6.45) is 11.3. The second-order valence-corrected chi connectivity index (χ2v) is 6.13. The van der Waals surface area contributed by atoms with Crippen LogP contribution in [0.25, 0.3) is 0 Å². The standard InChI is InChI=1S/C15H29NO2/c1-2-14-11-15(12-17,9-10-18-14)16-13-7-5-3-4-6-8-13/h13-14,16-17H,2-12H2,1H3. The van der Waals surface area contributed by atoms with Crippen LogP contribution >= 0.6 is 0 Å². The number of aliphatic hydroxyl groups excluding tert-OH is 1. The van der Waals surface area contributed by atoms with E-state index in [4.69, 9.17) is 4.74 Å². The largest absolute Gasteiger partial charge is 0.394 e. The van der Waals surface area contributed by atoms with E-state index in [9.17, 15) is 5.11 Å². The zero-order chi connectivity index (χ0) is 12.8. The van der Waals surface area contributed by atoms with Gasteiger partial charge < -0.3 is 15.2 Å². The first-order chi connectivity index (χ1) is 8.78. The third-order valence-electron chi connectivity index (χ3n) is 4.68. The normalized spacial score (nSPS) is 35.3. The molecule has 0 spiro atoms. The first-order valence-corrected chi connectivity index (χ1v) is 7.78. The zero-order valence-corrected chi connectivity index (χ0v) is 11.8. The van der Waals surface area contributed by atoms with Crippen LogP contribution in [0.5, 0.6) is 0 Å². The highest BCUT2D eigenvalue weighted by Crippen LogP contribution is 2.29. The predicted octanol–water partition coefficient (Wildman–Crippen LogP) is 2.62. The molecule has 2 atom stereocenters. The van der Waals surface area contributed by atoms with Crippen LogP contribution in [0.15, 0.2) is 0 Å². The molecule has 0 aromatic heterocycles. The Balaban J connectivity index is 1.93. The maximum absolute atomic E-state index is 9.84. The van der Waals surface area contributed by atoms with Crippen molar-refractivity contribution in [3.8, 4) is 0 Å². The highest BCUT2D eigenvalue weighted by molar-refractivity contribution is 4.95. The number of ether oxygens (including phenoxy) is 1. The summed E-state index contributed by atoms with van der Waals surface area (Å²) in [5.74, 6) is 0. The maximum atomic E-state index is 9.84. The molecule has 1 aliphatic heterocycles. The van der Waals surface area contributed by atoms with E-state index in [1.165, 1.54) is 38.5 Å². The smallest absolute Gasteiger partial charge is 0.0615 e. The molecular weight excluding hydrogens is 226 g/mol. The molecule has 0 bridgehead atoms. The van der Waals surface area contributed by atoms with Crippen LogP contribution in [0, 0.1) is 0 Å². The molecule has 2 aliphatic rings. The third-order valence-corrected chi connectivity index (χ3v) is 4.68. The van der Waals surface area contributed by atoms with Crippen LogP contribution in [-0.4, -0.2) is 36.0 Å². The van der Waals surface area contributed by atoms with Gasteiger partial charge in [0.15, 0.2) is 0 Å². The third kappa shape index (κ3) is 3.69. The molecule has 3 nitrogen and oxygen atoms in total. The number of aliphatic hydroxyl groups is 1. The molecule has 2 fully saturated rings. The molecule has 1 saturated carbocycles. The minimum atomic E-state index is -0.0755. The van der Waals surface area contributed by atoms with Crippen LogP contribution in [0.3, 0.4) is 0 Å². The van der Waals surface area contributed by atoms with Crippen LogP contribution in [0.4, 0.5) is 0 Å². The SMILES string of the molecule is CCC1CC(CO)(NC2CCCCCC2)CCO1. The van der Waals surface area contributed by atoms with Gasteiger partial charge in [-0.15, -0.1) is 0 Å². The minimum Gasteiger partial charge on any atom is -0.394 e. The second kappa shape index (κ2) is 6.88. The lowest BCUT2D eigenvalue weighted by Crippen LogP contribution is -2.57. The van der Waals surface area contributed by atoms with E-state index in [0.29, 0.717) is 12.1 Å². The average Bonchev–Trinajstić information content (AvgIpc) is 2.67. The molecule has 1 saturated heterocycles. The summed E-state index contributed by atoms with van der Waals surface area (Å²) in [6, 6.07) is 0.607. The molecule has 0 aromatic rings. The van der Waals surface area contributed by atoms with E-state index in [0.717, 1.165) is 25.9 Å². The summed E-state index contributed by atoms with van der Waals surface area (Å²) >= 11 is 0. The molecule has 106 valence electrons. The van der Waals surface area contributed by atoms with Crippen LogP contribution < -0.4 is 5.32 Å². The lowest BCUT2D eigenvalue weighted by Gasteiger charge is -2.42. The first-order valence-electron chi connectivity index (χ1n) is 7.78. The highest BCUT2D eigenvalue weighted by Gasteiger charge is 2.37. The Kier molecular flexibility index (Phi) is 5.46. The van der Waals surface area contributed by atoms with Gasteiger partial charge in [-0.2, -0.15) is 0 Å². The van der Waals surface area contributed by atoms with Crippen molar-refractivity contribution in [2.24, 2.45) is 0 Å². The van der Waals surface area contributed by atoms with Crippen molar-refractivity contribution in [3.63, 3.8) is 0 Å². The summed E-state index contributed by atoms with van der Waals surface area (Å²) in [7, 11) is 0. The van der Waals surface area contributed by atoms with Crippen LogP contribution in [0.2, 0.25) is 0 Å². The van der Waals surface area contributed by atoms with Gasteiger partial charge in [0.25, 0.3) is 0 Å². The van der Waals surface area contributed by atoms with Crippen molar-refractivity contribution < 1.29 is 9.84 Å². The Labute approximate surface area is 111 Å². The van der Waals surface area contributed by atoms with Gasteiger partial charge in [0.05, 0.1) is 12.7 Å². The monoisotopic (exact) mass is 255 g/mol. The summed E-state index contributed by atoms with van der Waals surface area (Å²) < 4.78 is 5.75. The molecule has 18 heavy (non-hydrogen) atoms. The molecule has 2 N–H and O–H groups in total. The van der Waals surface area contributed by atoms with Gasteiger partial charge in [0.1, 0.15) is 0 Å². The summed E-state index contributed by atoms with van der Waals surface area (Å²) in [5, 5.41) is 13.6. The van der Waals surface area contributed by atoms with E-state index in [1.807, 2.05) is 0 Å². The molecule has 2 unspecified atom stereocenters. The summed E-state index contributed by atoms with van der Waals surface area (Å²) in [6.45, 7) is 3.21. The van der Waals surface area contributed by atoms with Crippen molar-refractivity contribution in [1.29, 1.82) is 0 Å². The molecule has 1 heterocycles. The topological polar surface area (TPSA) is 41.5 Å². The molecule has 1 aliphatic carbocycles. The lowest BCUT2D eigenvalue weighted by atomic mass is 9.85. The van der Waals surface area contributed by atoms with Crippen molar-refractivity contribution in [2.75, 3.05) is 13.2 Å². The molecule has 0 aromatic carbocycles. The Hall–Kier alpha value is -0.120. The van der Waals surface area contributed by atoms with Crippen molar-refractivity contribution in [2.45, 2.75) is 82.4 Å². The number of nitrogens with one attached hydrogen (secondary N) is 1. The minimum absolute atomic E-state index is 0.0755. The fourth-order valence-corrected chi connectivity index (χ4v) is 3.46. The Morgan fingerprint density at radius 3 is 2.56 bits per heavy atom. The summed E-state index contributed by atoms with van der Waals surface area (Å²) in [5.41, 5.74) is -0.0755. The quantitative estimate of drug-likeness (QED) is 0.759. The summed E-state index contributed by atoms with van der Waals surface area (Å²) in [4.78, 5) is 0. The highest BCUT2D eigenvalue weighted by atomic mass is 16.5. The lowest BCUT2D eigenvalue weighted by molar-refractivity contribution is -0.0498. The Morgan fingerprint density at radius 2 is 1.94 bits per heavy atom. The maximum Gasteiger partial charge on any atom is 0.0615 e. The van der Waals surface area contributed by atoms with Gasteiger partial charge in [0.2, 0.25) is 0 Å². The molecule has 0 radical (unpaired) electrons. The van der Waals surface area contributed by atoms with E-state index in [2.05, 4.69) is 12.2 Å². The zero-order valence-electron chi connectivity index (χ0n) is 11.8. The first kappa shape index (κ1) is 14.3.